The van der Waals surface area contributed by atoms with Crippen molar-refractivity contribution in [3.8, 4) is 0 Å². The smallest absolute Gasteiger partial charge is 0.231 e. The second kappa shape index (κ2) is 3.03. The Morgan fingerprint density at radius 1 is 1.64 bits per heavy atom. The molecule has 3 nitrogen and oxygen atoms in total. The molecule has 0 aromatic carbocycles. The zero-order valence-corrected chi connectivity index (χ0v) is 6.96. The first-order valence-electron chi connectivity index (χ1n) is 3.95. The summed E-state index contributed by atoms with van der Waals surface area (Å²) in [6.07, 6.45) is 1.87. The van der Waals surface area contributed by atoms with Crippen LogP contribution in [0, 0.1) is 5.92 Å². The van der Waals surface area contributed by atoms with Crippen LogP contribution in [0.25, 0.3) is 0 Å². The molecule has 0 N–H and O–H groups in total. The van der Waals surface area contributed by atoms with E-state index in [9.17, 15) is 9.59 Å². The van der Waals surface area contributed by atoms with Crippen molar-refractivity contribution in [2.75, 3.05) is 6.54 Å². The highest BCUT2D eigenvalue weighted by Crippen LogP contribution is 2.16. The van der Waals surface area contributed by atoms with Crippen LogP contribution in [0.5, 0.6) is 0 Å². The predicted octanol–water partition coefficient (Wildman–Crippen LogP) is 0.791. The fourth-order valence-electron chi connectivity index (χ4n) is 1.37. The fourth-order valence-corrected chi connectivity index (χ4v) is 1.37. The fraction of sp³-hybridized carbons (Fsp3) is 0.750. The first kappa shape index (κ1) is 8.24. The average Bonchev–Trinajstić information content (AvgIpc) is 1.94. The number of hydrogen-bond acceptors (Lipinski definition) is 2. The van der Waals surface area contributed by atoms with Gasteiger partial charge in [0.15, 0.2) is 0 Å². The van der Waals surface area contributed by atoms with E-state index in [4.69, 9.17) is 0 Å². The third-order valence-electron chi connectivity index (χ3n) is 2.09. The average molecular weight is 155 g/mol. The lowest BCUT2D eigenvalue weighted by molar-refractivity contribution is -0.148. The van der Waals surface area contributed by atoms with Crippen molar-refractivity contribution in [2.24, 2.45) is 5.92 Å². The van der Waals surface area contributed by atoms with Crippen molar-refractivity contribution in [1.29, 1.82) is 0 Å². The van der Waals surface area contributed by atoms with E-state index >= 15 is 0 Å². The molecule has 0 saturated carbocycles. The lowest BCUT2D eigenvalue weighted by Gasteiger charge is -2.27. The molecular formula is C8H13NO2. The Balaban J connectivity index is 2.66. The van der Waals surface area contributed by atoms with E-state index in [0.29, 0.717) is 6.54 Å². The Hall–Kier alpha value is -0.860. The summed E-state index contributed by atoms with van der Waals surface area (Å²) in [4.78, 5) is 23.5. The molecule has 1 atom stereocenters. The second-order valence-corrected chi connectivity index (χ2v) is 3.05. The summed E-state index contributed by atoms with van der Waals surface area (Å²) in [7, 11) is 0. The summed E-state index contributed by atoms with van der Waals surface area (Å²) in [6.45, 7) is 3.92. The van der Waals surface area contributed by atoms with Gasteiger partial charge >= 0.3 is 0 Å². The molecule has 2 amide bonds. The van der Waals surface area contributed by atoms with Crippen molar-refractivity contribution in [1.82, 2.24) is 4.90 Å². The second-order valence-electron chi connectivity index (χ2n) is 3.05. The van der Waals surface area contributed by atoms with Crippen LogP contribution in [0.4, 0.5) is 0 Å². The van der Waals surface area contributed by atoms with Gasteiger partial charge in [-0.05, 0) is 12.8 Å². The number of imide groups is 1. The minimum absolute atomic E-state index is 0.0104. The molecule has 1 fully saturated rings. The molecule has 11 heavy (non-hydrogen) atoms. The molecule has 1 heterocycles. The number of piperidine rings is 1. The Bertz CT molecular complexity index is 189. The molecule has 0 aromatic heterocycles. The number of carbonyl (C=O) groups excluding carboxylic acids is 2. The molecule has 1 saturated heterocycles. The van der Waals surface area contributed by atoms with Crippen molar-refractivity contribution in [2.45, 2.75) is 26.7 Å². The van der Waals surface area contributed by atoms with E-state index in [2.05, 4.69) is 0 Å². The minimum atomic E-state index is -0.124. The van der Waals surface area contributed by atoms with Gasteiger partial charge in [0.2, 0.25) is 11.8 Å². The molecule has 1 rings (SSSR count). The highest BCUT2D eigenvalue weighted by molar-refractivity contribution is 5.95. The van der Waals surface area contributed by atoms with E-state index in [1.807, 2.05) is 6.92 Å². The SMILES string of the molecule is CC(=O)N1CCCC(C)C1=O. The van der Waals surface area contributed by atoms with Crippen LogP contribution in [-0.2, 0) is 9.59 Å². The zero-order valence-electron chi connectivity index (χ0n) is 6.96. The Morgan fingerprint density at radius 2 is 2.27 bits per heavy atom. The van der Waals surface area contributed by atoms with Crippen LogP contribution in [0.1, 0.15) is 26.7 Å². The molecule has 1 aliphatic heterocycles. The lowest BCUT2D eigenvalue weighted by Crippen LogP contribution is -2.42. The number of nitrogens with zero attached hydrogens (tertiary/aromatic N) is 1. The molecular weight excluding hydrogens is 142 g/mol. The number of hydrogen-bond donors (Lipinski definition) is 0. The van der Waals surface area contributed by atoms with Gasteiger partial charge in [-0.1, -0.05) is 6.92 Å². The van der Waals surface area contributed by atoms with Crippen molar-refractivity contribution >= 4 is 11.8 Å². The molecule has 62 valence electrons. The maximum absolute atomic E-state index is 11.3. The van der Waals surface area contributed by atoms with Gasteiger partial charge in [0.05, 0.1) is 0 Å². The monoisotopic (exact) mass is 155 g/mol. The quantitative estimate of drug-likeness (QED) is 0.518. The summed E-state index contributed by atoms with van der Waals surface area (Å²) in [5.41, 5.74) is 0. The van der Waals surface area contributed by atoms with E-state index in [0.717, 1.165) is 12.8 Å². The maximum Gasteiger partial charge on any atom is 0.231 e. The molecule has 0 aromatic rings. The van der Waals surface area contributed by atoms with Crippen molar-refractivity contribution < 1.29 is 9.59 Å². The van der Waals surface area contributed by atoms with Crippen LogP contribution in [0.2, 0.25) is 0 Å². The highest BCUT2D eigenvalue weighted by Gasteiger charge is 2.27. The molecule has 0 spiro atoms. The maximum atomic E-state index is 11.3. The van der Waals surface area contributed by atoms with E-state index < -0.39 is 0 Å². The molecule has 0 radical (unpaired) electrons. The van der Waals surface area contributed by atoms with Crippen molar-refractivity contribution in [3.05, 3.63) is 0 Å². The van der Waals surface area contributed by atoms with Crippen LogP contribution in [0.3, 0.4) is 0 Å². The normalized spacial score (nSPS) is 25.5. The molecule has 0 aliphatic carbocycles. The van der Waals surface area contributed by atoms with Crippen LogP contribution in [0.15, 0.2) is 0 Å². The molecule has 0 bridgehead atoms. The van der Waals surface area contributed by atoms with Gasteiger partial charge in [0.1, 0.15) is 0 Å². The number of likely N-dealkylation sites (tertiary alicyclic amines) is 1. The first-order valence-corrected chi connectivity index (χ1v) is 3.95. The van der Waals surface area contributed by atoms with Crippen LogP contribution < -0.4 is 0 Å². The number of carbonyl (C=O) groups is 2. The van der Waals surface area contributed by atoms with Gasteiger partial charge in [0, 0.05) is 19.4 Å². The van der Waals surface area contributed by atoms with Gasteiger partial charge in [-0.15, -0.1) is 0 Å². The molecule has 1 aliphatic rings. The third kappa shape index (κ3) is 1.59. The summed E-state index contributed by atoms with van der Waals surface area (Å²) in [6, 6.07) is 0. The summed E-state index contributed by atoms with van der Waals surface area (Å²) in [5.74, 6) is -0.0991. The zero-order chi connectivity index (χ0) is 8.43. The largest absolute Gasteiger partial charge is 0.283 e. The number of amides is 2. The Morgan fingerprint density at radius 3 is 2.73 bits per heavy atom. The van der Waals surface area contributed by atoms with Crippen LogP contribution in [-0.4, -0.2) is 23.3 Å². The third-order valence-corrected chi connectivity index (χ3v) is 2.09. The first-order chi connectivity index (χ1) is 5.13. The summed E-state index contributed by atoms with van der Waals surface area (Å²) < 4.78 is 0. The Labute approximate surface area is 66.4 Å². The molecule has 1 unspecified atom stereocenters. The topological polar surface area (TPSA) is 37.4 Å². The lowest BCUT2D eigenvalue weighted by atomic mass is 9.99. The standard InChI is InChI=1S/C8H13NO2/c1-6-4-3-5-9(7(2)10)8(6)11/h6H,3-5H2,1-2H3. The number of rotatable bonds is 0. The van der Waals surface area contributed by atoms with Gasteiger partial charge < -0.3 is 0 Å². The van der Waals surface area contributed by atoms with Crippen molar-refractivity contribution in [3.63, 3.8) is 0 Å². The van der Waals surface area contributed by atoms with Gasteiger partial charge in [-0.3, -0.25) is 14.5 Å². The van der Waals surface area contributed by atoms with Crippen LogP contribution >= 0.6 is 0 Å². The predicted molar refractivity (Wildman–Crippen MR) is 40.8 cm³/mol. The highest BCUT2D eigenvalue weighted by atomic mass is 16.2. The molecule has 3 heteroatoms. The summed E-state index contributed by atoms with van der Waals surface area (Å²) in [5, 5.41) is 0. The van der Waals surface area contributed by atoms with Gasteiger partial charge in [-0.2, -0.15) is 0 Å². The summed E-state index contributed by atoms with van der Waals surface area (Å²) >= 11 is 0. The van der Waals surface area contributed by atoms with E-state index in [1.165, 1.54) is 11.8 Å². The van der Waals surface area contributed by atoms with E-state index in [1.54, 1.807) is 0 Å². The van der Waals surface area contributed by atoms with Gasteiger partial charge in [0.25, 0.3) is 0 Å². The minimum Gasteiger partial charge on any atom is -0.283 e. The van der Waals surface area contributed by atoms with Gasteiger partial charge in [-0.25, -0.2) is 0 Å². The van der Waals surface area contributed by atoms with E-state index in [-0.39, 0.29) is 17.7 Å². The Kier molecular flexibility index (Phi) is 2.27.